The van der Waals surface area contributed by atoms with Gasteiger partial charge in [-0.25, -0.2) is 0 Å². The SMILES string of the molecule is O[C@@H](c1ccc(Oc2ccccc2)cc1)c1ccsc1. The van der Waals surface area contributed by atoms with Crippen LogP contribution in [-0.2, 0) is 0 Å². The van der Waals surface area contributed by atoms with Gasteiger partial charge in [0, 0.05) is 0 Å². The van der Waals surface area contributed by atoms with Gasteiger partial charge < -0.3 is 9.84 Å². The maximum atomic E-state index is 10.2. The summed E-state index contributed by atoms with van der Waals surface area (Å²) in [6.07, 6.45) is -0.577. The molecule has 20 heavy (non-hydrogen) atoms. The number of thiophene rings is 1. The van der Waals surface area contributed by atoms with E-state index in [1.54, 1.807) is 11.3 Å². The van der Waals surface area contributed by atoms with Crippen molar-refractivity contribution in [3.8, 4) is 11.5 Å². The van der Waals surface area contributed by atoms with Gasteiger partial charge in [-0.05, 0) is 52.2 Å². The lowest BCUT2D eigenvalue weighted by atomic mass is 10.0. The van der Waals surface area contributed by atoms with Gasteiger partial charge in [0.2, 0.25) is 0 Å². The van der Waals surface area contributed by atoms with Crippen molar-refractivity contribution in [2.75, 3.05) is 0 Å². The molecule has 1 heterocycles. The molecule has 0 spiro atoms. The van der Waals surface area contributed by atoms with Gasteiger partial charge in [-0.2, -0.15) is 11.3 Å². The molecule has 0 radical (unpaired) electrons. The molecule has 0 aliphatic carbocycles. The highest BCUT2D eigenvalue weighted by atomic mass is 32.1. The van der Waals surface area contributed by atoms with E-state index in [1.165, 1.54) is 0 Å². The average molecular weight is 282 g/mol. The van der Waals surface area contributed by atoms with Crippen LogP contribution in [0.25, 0.3) is 0 Å². The van der Waals surface area contributed by atoms with Gasteiger partial charge in [-0.3, -0.25) is 0 Å². The van der Waals surface area contributed by atoms with Crippen LogP contribution in [-0.4, -0.2) is 5.11 Å². The van der Waals surface area contributed by atoms with Crippen LogP contribution in [0.1, 0.15) is 17.2 Å². The molecule has 0 fully saturated rings. The number of para-hydroxylation sites is 1. The molecule has 1 aromatic heterocycles. The molecule has 0 bridgehead atoms. The van der Waals surface area contributed by atoms with Crippen LogP contribution in [0.2, 0.25) is 0 Å². The lowest BCUT2D eigenvalue weighted by Gasteiger charge is -2.11. The van der Waals surface area contributed by atoms with Gasteiger partial charge in [0.1, 0.15) is 17.6 Å². The molecular formula is C17H14O2S. The first-order chi connectivity index (χ1) is 9.83. The molecule has 1 atom stereocenters. The molecule has 3 rings (SSSR count). The van der Waals surface area contributed by atoms with Crippen molar-refractivity contribution < 1.29 is 9.84 Å². The molecule has 0 aliphatic heterocycles. The predicted molar refractivity (Wildman–Crippen MR) is 81.3 cm³/mol. The molecular weight excluding hydrogens is 268 g/mol. The largest absolute Gasteiger partial charge is 0.457 e. The molecule has 2 nitrogen and oxygen atoms in total. The minimum Gasteiger partial charge on any atom is -0.457 e. The lowest BCUT2D eigenvalue weighted by Crippen LogP contribution is -1.97. The van der Waals surface area contributed by atoms with E-state index in [9.17, 15) is 5.11 Å². The molecule has 0 unspecified atom stereocenters. The Morgan fingerprint density at radius 2 is 1.50 bits per heavy atom. The summed E-state index contributed by atoms with van der Waals surface area (Å²) in [6.45, 7) is 0. The summed E-state index contributed by atoms with van der Waals surface area (Å²) < 4.78 is 5.72. The van der Waals surface area contributed by atoms with E-state index in [0.717, 1.165) is 22.6 Å². The highest BCUT2D eigenvalue weighted by Gasteiger charge is 2.10. The zero-order valence-corrected chi connectivity index (χ0v) is 11.6. The zero-order valence-electron chi connectivity index (χ0n) is 10.8. The number of ether oxygens (including phenoxy) is 1. The van der Waals surface area contributed by atoms with Crippen LogP contribution in [0.5, 0.6) is 11.5 Å². The van der Waals surface area contributed by atoms with Crippen LogP contribution in [0.15, 0.2) is 71.4 Å². The summed E-state index contributed by atoms with van der Waals surface area (Å²) in [6, 6.07) is 19.1. The Morgan fingerprint density at radius 1 is 0.800 bits per heavy atom. The third-order valence-electron chi connectivity index (χ3n) is 3.03. The fourth-order valence-electron chi connectivity index (χ4n) is 1.97. The van der Waals surface area contributed by atoms with Gasteiger partial charge in [0.05, 0.1) is 0 Å². The Balaban J connectivity index is 1.75. The van der Waals surface area contributed by atoms with Crippen molar-refractivity contribution in [1.29, 1.82) is 0 Å². The third kappa shape index (κ3) is 2.90. The summed E-state index contributed by atoms with van der Waals surface area (Å²) in [4.78, 5) is 0. The van der Waals surface area contributed by atoms with Crippen molar-refractivity contribution in [2.45, 2.75) is 6.10 Å². The van der Waals surface area contributed by atoms with Gasteiger partial charge in [-0.15, -0.1) is 0 Å². The minimum absolute atomic E-state index is 0.577. The maximum absolute atomic E-state index is 10.2. The van der Waals surface area contributed by atoms with E-state index in [-0.39, 0.29) is 0 Å². The molecule has 1 N–H and O–H groups in total. The molecule has 0 amide bonds. The van der Waals surface area contributed by atoms with E-state index in [2.05, 4.69) is 0 Å². The summed E-state index contributed by atoms with van der Waals surface area (Å²) in [5.41, 5.74) is 1.79. The molecule has 3 aromatic rings. The van der Waals surface area contributed by atoms with E-state index in [1.807, 2.05) is 71.4 Å². The summed E-state index contributed by atoms with van der Waals surface area (Å²) in [5, 5.41) is 14.1. The van der Waals surface area contributed by atoms with E-state index in [4.69, 9.17) is 4.74 Å². The Bertz CT molecular complexity index is 645. The second-order valence-corrected chi connectivity index (χ2v) is 5.22. The second kappa shape index (κ2) is 5.90. The maximum Gasteiger partial charge on any atom is 0.127 e. The molecule has 0 saturated carbocycles. The van der Waals surface area contributed by atoms with Gasteiger partial charge in [0.25, 0.3) is 0 Å². The lowest BCUT2D eigenvalue weighted by molar-refractivity contribution is 0.221. The highest BCUT2D eigenvalue weighted by Crippen LogP contribution is 2.27. The van der Waals surface area contributed by atoms with E-state index < -0.39 is 6.10 Å². The second-order valence-electron chi connectivity index (χ2n) is 4.44. The third-order valence-corrected chi connectivity index (χ3v) is 3.74. The minimum atomic E-state index is -0.577. The Kier molecular flexibility index (Phi) is 3.81. The van der Waals surface area contributed by atoms with Crippen molar-refractivity contribution in [1.82, 2.24) is 0 Å². The predicted octanol–water partition coefficient (Wildman–Crippen LogP) is 4.62. The molecule has 0 saturated heterocycles. The van der Waals surface area contributed by atoms with Crippen LogP contribution in [0, 0.1) is 0 Å². The first-order valence-corrected chi connectivity index (χ1v) is 7.30. The van der Waals surface area contributed by atoms with Crippen LogP contribution in [0.3, 0.4) is 0 Å². The topological polar surface area (TPSA) is 29.5 Å². The smallest absolute Gasteiger partial charge is 0.127 e. The number of aliphatic hydroxyl groups is 1. The van der Waals surface area contributed by atoms with Gasteiger partial charge >= 0.3 is 0 Å². The van der Waals surface area contributed by atoms with Crippen LogP contribution >= 0.6 is 11.3 Å². The van der Waals surface area contributed by atoms with E-state index in [0.29, 0.717) is 0 Å². The number of hydrogen-bond donors (Lipinski definition) is 1. The monoisotopic (exact) mass is 282 g/mol. The summed E-state index contributed by atoms with van der Waals surface area (Å²) in [7, 11) is 0. The Labute approximate surface area is 121 Å². The van der Waals surface area contributed by atoms with Crippen molar-refractivity contribution in [3.05, 3.63) is 82.6 Å². The first kappa shape index (κ1) is 12.9. The van der Waals surface area contributed by atoms with Gasteiger partial charge in [0.15, 0.2) is 0 Å². The van der Waals surface area contributed by atoms with Crippen LogP contribution in [0.4, 0.5) is 0 Å². The Morgan fingerprint density at radius 3 is 2.15 bits per heavy atom. The van der Waals surface area contributed by atoms with E-state index >= 15 is 0 Å². The average Bonchev–Trinajstić information content (AvgIpc) is 3.03. The quantitative estimate of drug-likeness (QED) is 0.756. The zero-order chi connectivity index (χ0) is 13.8. The molecule has 2 aromatic carbocycles. The van der Waals surface area contributed by atoms with Crippen molar-refractivity contribution in [3.63, 3.8) is 0 Å². The summed E-state index contributed by atoms with van der Waals surface area (Å²) in [5.74, 6) is 1.57. The standard InChI is InChI=1S/C17H14O2S/c18-17(14-10-11-20-12-14)13-6-8-16(9-7-13)19-15-4-2-1-3-5-15/h1-12,17-18H/t17-/m0/s1. The first-order valence-electron chi connectivity index (χ1n) is 6.36. The van der Waals surface area contributed by atoms with Crippen molar-refractivity contribution >= 4 is 11.3 Å². The van der Waals surface area contributed by atoms with Crippen molar-refractivity contribution in [2.24, 2.45) is 0 Å². The number of benzene rings is 2. The Hall–Kier alpha value is -2.10. The number of aliphatic hydroxyl groups excluding tert-OH is 1. The van der Waals surface area contributed by atoms with Crippen LogP contribution < -0.4 is 4.74 Å². The molecule has 3 heteroatoms. The number of rotatable bonds is 4. The fourth-order valence-corrected chi connectivity index (χ4v) is 2.64. The fraction of sp³-hybridized carbons (Fsp3) is 0.0588. The highest BCUT2D eigenvalue weighted by molar-refractivity contribution is 7.07. The number of hydrogen-bond acceptors (Lipinski definition) is 3. The summed E-state index contributed by atoms with van der Waals surface area (Å²) >= 11 is 1.58. The molecule has 0 aliphatic rings. The van der Waals surface area contributed by atoms with Gasteiger partial charge in [-0.1, -0.05) is 30.3 Å². The normalized spacial score (nSPS) is 12.1. The molecule has 100 valence electrons.